The number of allylic oxidation sites excluding steroid dienone is 3. The van der Waals surface area contributed by atoms with Crippen LogP contribution in [0.5, 0.6) is 0 Å². The third-order valence-corrected chi connectivity index (χ3v) is 4.00. The number of rotatable bonds is 7. The number of nitrogens with two attached hydrogens (primary N) is 1. The smallest absolute Gasteiger partial charge is 0.305 e. The number of nitrogen functional groups attached to an aromatic ring is 1. The standard InChI is InChI=1S/C18H23N3O3/c1-12-11-13(5-7-14-3-2-4-16(19)21-14)6-8-15(12)18(24)20-10-9-17(22)23/h2-4,6,8,11-12,15H,5,7,9-10H2,1H3,(H2,19,21)(H,20,24)(H,22,23). The molecule has 2 rings (SSSR count). The maximum atomic E-state index is 12.1. The van der Waals surface area contributed by atoms with Crippen molar-refractivity contribution in [2.24, 2.45) is 11.8 Å². The largest absolute Gasteiger partial charge is 0.481 e. The number of aliphatic carboxylic acids is 1. The highest BCUT2D eigenvalue weighted by Gasteiger charge is 2.23. The van der Waals surface area contributed by atoms with Gasteiger partial charge in [-0.2, -0.15) is 0 Å². The molecule has 2 atom stereocenters. The fourth-order valence-electron chi connectivity index (χ4n) is 2.71. The Morgan fingerprint density at radius 3 is 2.79 bits per heavy atom. The van der Waals surface area contributed by atoms with Crippen LogP contribution >= 0.6 is 0 Å². The van der Waals surface area contributed by atoms with E-state index < -0.39 is 5.97 Å². The number of amides is 1. The van der Waals surface area contributed by atoms with Crippen molar-refractivity contribution >= 4 is 17.7 Å². The lowest BCUT2D eigenvalue weighted by Crippen LogP contribution is -2.34. The van der Waals surface area contributed by atoms with Crippen LogP contribution in [0.4, 0.5) is 5.82 Å². The second-order valence-corrected chi connectivity index (χ2v) is 5.97. The molecule has 4 N–H and O–H groups in total. The van der Waals surface area contributed by atoms with Crippen LogP contribution in [0, 0.1) is 11.8 Å². The number of anilines is 1. The van der Waals surface area contributed by atoms with Crippen molar-refractivity contribution in [3.8, 4) is 0 Å². The molecule has 1 aliphatic rings. The number of carbonyl (C=O) groups excluding carboxylic acids is 1. The van der Waals surface area contributed by atoms with Gasteiger partial charge in [0.1, 0.15) is 5.82 Å². The molecule has 1 aromatic heterocycles. The summed E-state index contributed by atoms with van der Waals surface area (Å²) in [5.74, 6) is -0.712. The van der Waals surface area contributed by atoms with Crippen LogP contribution in [-0.2, 0) is 16.0 Å². The zero-order valence-electron chi connectivity index (χ0n) is 13.7. The molecule has 0 spiro atoms. The number of pyridine rings is 1. The Bertz CT molecular complexity index is 667. The summed E-state index contributed by atoms with van der Waals surface area (Å²) in [5.41, 5.74) is 7.80. The topological polar surface area (TPSA) is 105 Å². The number of carboxylic acid groups (broad SMARTS) is 1. The zero-order valence-corrected chi connectivity index (χ0v) is 13.7. The van der Waals surface area contributed by atoms with Crippen molar-refractivity contribution in [2.75, 3.05) is 12.3 Å². The van der Waals surface area contributed by atoms with Crippen LogP contribution in [0.25, 0.3) is 0 Å². The Hall–Kier alpha value is -2.63. The molecule has 1 aliphatic carbocycles. The van der Waals surface area contributed by atoms with Gasteiger partial charge < -0.3 is 16.2 Å². The third-order valence-electron chi connectivity index (χ3n) is 4.00. The molecule has 0 saturated heterocycles. The summed E-state index contributed by atoms with van der Waals surface area (Å²) in [4.78, 5) is 26.9. The summed E-state index contributed by atoms with van der Waals surface area (Å²) in [6.07, 6.45) is 7.52. The van der Waals surface area contributed by atoms with Crippen molar-refractivity contribution in [3.05, 3.63) is 47.7 Å². The van der Waals surface area contributed by atoms with E-state index in [1.807, 2.05) is 31.2 Å². The monoisotopic (exact) mass is 329 g/mol. The van der Waals surface area contributed by atoms with E-state index in [2.05, 4.69) is 16.4 Å². The highest BCUT2D eigenvalue weighted by atomic mass is 16.4. The molecule has 0 aromatic carbocycles. The van der Waals surface area contributed by atoms with Gasteiger partial charge in [-0.05, 0) is 30.9 Å². The quantitative estimate of drug-likeness (QED) is 0.709. The van der Waals surface area contributed by atoms with Crippen LogP contribution < -0.4 is 11.1 Å². The molecule has 0 saturated carbocycles. The number of nitrogens with one attached hydrogen (secondary N) is 1. The molecule has 6 heteroatoms. The zero-order chi connectivity index (χ0) is 17.5. The molecule has 24 heavy (non-hydrogen) atoms. The number of nitrogens with zero attached hydrogens (tertiary/aromatic N) is 1. The lowest BCUT2D eigenvalue weighted by atomic mass is 9.85. The van der Waals surface area contributed by atoms with Crippen LogP contribution in [0.15, 0.2) is 42.0 Å². The second kappa shape index (κ2) is 8.29. The minimum absolute atomic E-state index is 0.0646. The van der Waals surface area contributed by atoms with Crippen molar-refractivity contribution in [1.29, 1.82) is 0 Å². The second-order valence-electron chi connectivity index (χ2n) is 5.97. The van der Waals surface area contributed by atoms with E-state index in [1.54, 1.807) is 6.07 Å². The van der Waals surface area contributed by atoms with Gasteiger partial charge in [0, 0.05) is 12.2 Å². The summed E-state index contributed by atoms with van der Waals surface area (Å²) in [6.45, 7) is 2.15. The van der Waals surface area contributed by atoms with E-state index in [1.165, 1.54) is 5.57 Å². The van der Waals surface area contributed by atoms with Gasteiger partial charge in [-0.15, -0.1) is 0 Å². The van der Waals surface area contributed by atoms with Gasteiger partial charge in [-0.25, -0.2) is 4.98 Å². The van der Waals surface area contributed by atoms with Crippen LogP contribution in [0.1, 0.15) is 25.5 Å². The highest BCUT2D eigenvalue weighted by molar-refractivity contribution is 5.82. The molecule has 6 nitrogen and oxygen atoms in total. The summed E-state index contributed by atoms with van der Waals surface area (Å²) in [7, 11) is 0. The minimum atomic E-state index is -0.917. The number of hydrogen-bond acceptors (Lipinski definition) is 4. The van der Waals surface area contributed by atoms with Gasteiger partial charge in [0.2, 0.25) is 5.91 Å². The predicted octanol–water partition coefficient (Wildman–Crippen LogP) is 1.94. The molecular formula is C18H23N3O3. The molecule has 0 aliphatic heterocycles. The van der Waals surface area contributed by atoms with Gasteiger partial charge in [-0.3, -0.25) is 9.59 Å². The average Bonchev–Trinajstić information content (AvgIpc) is 2.52. The van der Waals surface area contributed by atoms with Crippen molar-refractivity contribution < 1.29 is 14.7 Å². The molecule has 2 unspecified atom stereocenters. The Morgan fingerprint density at radius 1 is 1.33 bits per heavy atom. The Labute approximate surface area is 141 Å². The Kier molecular flexibility index (Phi) is 6.12. The number of aryl methyl sites for hydroxylation is 1. The first-order valence-corrected chi connectivity index (χ1v) is 8.05. The first-order chi connectivity index (χ1) is 11.5. The van der Waals surface area contributed by atoms with Gasteiger partial charge in [0.25, 0.3) is 0 Å². The normalized spacial score (nSPS) is 19.6. The van der Waals surface area contributed by atoms with E-state index in [4.69, 9.17) is 10.8 Å². The van der Waals surface area contributed by atoms with E-state index in [-0.39, 0.29) is 30.7 Å². The molecular weight excluding hydrogens is 306 g/mol. The first kappa shape index (κ1) is 17.7. The SMILES string of the molecule is CC1C=C(CCc2cccc(N)n2)C=CC1C(=O)NCCC(=O)O. The van der Waals surface area contributed by atoms with Crippen LogP contribution in [0.2, 0.25) is 0 Å². The van der Waals surface area contributed by atoms with Crippen LogP contribution in [0.3, 0.4) is 0 Å². The molecule has 0 radical (unpaired) electrons. The van der Waals surface area contributed by atoms with Crippen molar-refractivity contribution in [3.63, 3.8) is 0 Å². The Morgan fingerprint density at radius 2 is 2.12 bits per heavy atom. The van der Waals surface area contributed by atoms with E-state index >= 15 is 0 Å². The highest BCUT2D eigenvalue weighted by Crippen LogP contribution is 2.25. The van der Waals surface area contributed by atoms with Gasteiger partial charge in [-0.1, -0.05) is 36.8 Å². The fraction of sp³-hybridized carbons (Fsp3) is 0.389. The fourth-order valence-corrected chi connectivity index (χ4v) is 2.71. The predicted molar refractivity (Wildman–Crippen MR) is 92.1 cm³/mol. The number of carbonyl (C=O) groups is 2. The Balaban J connectivity index is 1.85. The molecule has 0 fully saturated rings. The maximum Gasteiger partial charge on any atom is 0.305 e. The molecule has 1 aromatic rings. The first-order valence-electron chi connectivity index (χ1n) is 8.05. The van der Waals surface area contributed by atoms with Gasteiger partial charge in [0.15, 0.2) is 0 Å². The number of carboxylic acids is 1. The lowest BCUT2D eigenvalue weighted by molar-refractivity contribution is -0.137. The molecule has 1 amide bonds. The number of aromatic nitrogens is 1. The average molecular weight is 329 g/mol. The van der Waals surface area contributed by atoms with Crippen molar-refractivity contribution in [2.45, 2.75) is 26.2 Å². The summed E-state index contributed by atoms with van der Waals surface area (Å²) in [5, 5.41) is 11.3. The third kappa shape index (κ3) is 5.22. The molecule has 128 valence electrons. The van der Waals surface area contributed by atoms with E-state index in [0.717, 1.165) is 18.5 Å². The van der Waals surface area contributed by atoms with Gasteiger partial charge >= 0.3 is 5.97 Å². The van der Waals surface area contributed by atoms with E-state index in [9.17, 15) is 9.59 Å². The summed E-state index contributed by atoms with van der Waals surface area (Å²) in [6, 6.07) is 5.60. The molecule has 1 heterocycles. The number of hydrogen-bond donors (Lipinski definition) is 3. The van der Waals surface area contributed by atoms with Crippen LogP contribution in [-0.4, -0.2) is 28.5 Å². The van der Waals surface area contributed by atoms with Crippen molar-refractivity contribution in [1.82, 2.24) is 10.3 Å². The summed E-state index contributed by atoms with van der Waals surface area (Å²) >= 11 is 0. The van der Waals surface area contributed by atoms with E-state index in [0.29, 0.717) is 5.82 Å². The van der Waals surface area contributed by atoms with Gasteiger partial charge in [0.05, 0.1) is 12.3 Å². The maximum absolute atomic E-state index is 12.1. The summed E-state index contributed by atoms with van der Waals surface area (Å²) < 4.78 is 0. The molecule has 0 bridgehead atoms. The lowest BCUT2D eigenvalue weighted by Gasteiger charge is -2.22. The minimum Gasteiger partial charge on any atom is -0.481 e.